The number of carbonyl (C=O) groups excluding carboxylic acids is 1. The lowest BCUT2D eigenvalue weighted by molar-refractivity contribution is -0.164. The predicted octanol–water partition coefficient (Wildman–Crippen LogP) is 2.40. The molecule has 1 heterocycles. The molecule has 1 aromatic rings. The Kier molecular flexibility index (Phi) is 4.20. The summed E-state index contributed by atoms with van der Waals surface area (Å²) in [4.78, 5) is 14.4. The van der Waals surface area contributed by atoms with Crippen LogP contribution in [0.2, 0.25) is 5.02 Å². The van der Waals surface area contributed by atoms with Gasteiger partial charge in [-0.2, -0.15) is 0 Å². The highest BCUT2D eigenvalue weighted by Crippen LogP contribution is 2.40. The van der Waals surface area contributed by atoms with E-state index in [0.29, 0.717) is 17.5 Å². The quantitative estimate of drug-likeness (QED) is 0.929. The number of carbonyl (C=O) groups is 1. The first-order valence-electron chi connectivity index (χ1n) is 7.42. The number of amides is 1. The van der Waals surface area contributed by atoms with Crippen molar-refractivity contribution >= 4 is 17.5 Å². The molecule has 1 aliphatic carbocycles. The van der Waals surface area contributed by atoms with Gasteiger partial charge in [-0.3, -0.25) is 4.79 Å². The fourth-order valence-electron chi connectivity index (χ4n) is 3.03. The van der Waals surface area contributed by atoms with Crippen LogP contribution in [-0.4, -0.2) is 41.3 Å². The highest BCUT2D eigenvalue weighted by molar-refractivity contribution is 6.30. The molecule has 1 saturated heterocycles. The highest BCUT2D eigenvalue weighted by Gasteiger charge is 2.44. The molecule has 0 aromatic heterocycles. The molecule has 2 aliphatic rings. The number of hydrogen-bond donors (Lipinski definition) is 1. The SMILES string of the molecule is CC1OCC(c2ccc(Cl)cc2)N(C(CO)C2CC2)C1=O. The van der Waals surface area contributed by atoms with Gasteiger partial charge in [0, 0.05) is 5.02 Å². The van der Waals surface area contributed by atoms with Gasteiger partial charge in [-0.1, -0.05) is 23.7 Å². The largest absolute Gasteiger partial charge is 0.394 e. The number of rotatable bonds is 4. The molecule has 2 fully saturated rings. The van der Waals surface area contributed by atoms with Gasteiger partial charge in [-0.15, -0.1) is 0 Å². The minimum atomic E-state index is -0.443. The van der Waals surface area contributed by atoms with E-state index in [4.69, 9.17) is 16.3 Å². The van der Waals surface area contributed by atoms with Crippen LogP contribution in [0.15, 0.2) is 24.3 Å². The molecular weight excluding hydrogens is 290 g/mol. The van der Waals surface area contributed by atoms with Crippen molar-refractivity contribution in [1.82, 2.24) is 4.90 Å². The molecule has 3 rings (SSSR count). The summed E-state index contributed by atoms with van der Waals surface area (Å²) in [6.45, 7) is 2.24. The topological polar surface area (TPSA) is 49.8 Å². The van der Waals surface area contributed by atoms with Crippen molar-refractivity contribution in [3.05, 3.63) is 34.9 Å². The molecule has 5 heteroatoms. The Hall–Kier alpha value is -1.10. The van der Waals surface area contributed by atoms with E-state index < -0.39 is 6.10 Å². The Morgan fingerprint density at radius 1 is 1.38 bits per heavy atom. The fraction of sp³-hybridized carbons (Fsp3) is 0.562. The first-order chi connectivity index (χ1) is 10.1. The molecule has 21 heavy (non-hydrogen) atoms. The highest BCUT2D eigenvalue weighted by atomic mass is 35.5. The molecule has 3 unspecified atom stereocenters. The van der Waals surface area contributed by atoms with E-state index >= 15 is 0 Å². The van der Waals surface area contributed by atoms with Crippen LogP contribution in [0.1, 0.15) is 31.4 Å². The molecule has 114 valence electrons. The van der Waals surface area contributed by atoms with E-state index in [-0.39, 0.29) is 24.6 Å². The van der Waals surface area contributed by atoms with Crippen molar-refractivity contribution in [1.29, 1.82) is 0 Å². The Labute approximate surface area is 129 Å². The lowest BCUT2D eigenvalue weighted by Crippen LogP contribution is -2.54. The number of aliphatic hydroxyl groups is 1. The van der Waals surface area contributed by atoms with Crippen LogP contribution in [0.5, 0.6) is 0 Å². The molecule has 0 spiro atoms. The number of halogens is 1. The van der Waals surface area contributed by atoms with Gasteiger partial charge >= 0.3 is 0 Å². The average Bonchev–Trinajstić information content (AvgIpc) is 3.30. The predicted molar refractivity (Wildman–Crippen MR) is 80.1 cm³/mol. The van der Waals surface area contributed by atoms with Crippen molar-refractivity contribution in [2.75, 3.05) is 13.2 Å². The maximum atomic E-state index is 12.6. The smallest absolute Gasteiger partial charge is 0.252 e. The van der Waals surface area contributed by atoms with Crippen LogP contribution in [0.25, 0.3) is 0 Å². The summed E-state index contributed by atoms with van der Waals surface area (Å²) < 4.78 is 5.61. The molecule has 0 bridgehead atoms. The van der Waals surface area contributed by atoms with Gasteiger partial charge < -0.3 is 14.7 Å². The van der Waals surface area contributed by atoms with Crippen molar-refractivity contribution in [2.45, 2.75) is 38.0 Å². The van der Waals surface area contributed by atoms with Gasteiger partial charge in [0.25, 0.3) is 5.91 Å². The third-order valence-electron chi connectivity index (χ3n) is 4.41. The molecule has 1 aliphatic heterocycles. The van der Waals surface area contributed by atoms with E-state index in [1.807, 2.05) is 29.2 Å². The summed E-state index contributed by atoms with van der Waals surface area (Å²) in [6.07, 6.45) is 1.72. The molecule has 1 aromatic carbocycles. The zero-order valence-electron chi connectivity index (χ0n) is 12.0. The van der Waals surface area contributed by atoms with E-state index in [1.165, 1.54) is 0 Å². The van der Waals surface area contributed by atoms with Crippen molar-refractivity contribution in [3.63, 3.8) is 0 Å². The minimum absolute atomic E-state index is 0.00716. The summed E-state index contributed by atoms with van der Waals surface area (Å²) in [6, 6.07) is 7.24. The summed E-state index contributed by atoms with van der Waals surface area (Å²) in [7, 11) is 0. The summed E-state index contributed by atoms with van der Waals surface area (Å²) in [5, 5.41) is 10.4. The second kappa shape index (κ2) is 5.95. The second-order valence-corrected chi connectivity index (χ2v) is 6.31. The molecule has 0 radical (unpaired) electrons. The lowest BCUT2D eigenvalue weighted by Gasteiger charge is -2.43. The summed E-state index contributed by atoms with van der Waals surface area (Å²) in [5.41, 5.74) is 0.999. The first-order valence-corrected chi connectivity index (χ1v) is 7.79. The number of aliphatic hydroxyl groups excluding tert-OH is 1. The van der Waals surface area contributed by atoms with Crippen molar-refractivity contribution in [3.8, 4) is 0 Å². The normalized spacial score (nSPS) is 27.8. The minimum Gasteiger partial charge on any atom is -0.394 e. The van der Waals surface area contributed by atoms with Gasteiger partial charge in [0.15, 0.2) is 0 Å². The maximum absolute atomic E-state index is 12.6. The molecular formula is C16H20ClNO3. The van der Waals surface area contributed by atoms with E-state index in [9.17, 15) is 9.90 Å². The Bertz CT molecular complexity index is 515. The summed E-state index contributed by atoms with van der Waals surface area (Å²) in [5.74, 6) is 0.381. The monoisotopic (exact) mass is 309 g/mol. The number of hydrogen-bond acceptors (Lipinski definition) is 3. The van der Waals surface area contributed by atoms with Crippen molar-refractivity contribution < 1.29 is 14.6 Å². The Morgan fingerprint density at radius 3 is 2.62 bits per heavy atom. The lowest BCUT2D eigenvalue weighted by atomic mass is 9.99. The molecule has 1 saturated carbocycles. The third-order valence-corrected chi connectivity index (χ3v) is 4.66. The van der Waals surface area contributed by atoms with Gasteiger partial charge in [0.1, 0.15) is 6.10 Å². The van der Waals surface area contributed by atoms with E-state index in [1.54, 1.807) is 6.92 Å². The van der Waals surface area contributed by atoms with Crippen LogP contribution in [0, 0.1) is 5.92 Å². The zero-order valence-corrected chi connectivity index (χ0v) is 12.8. The first kappa shape index (κ1) is 14.8. The molecule has 3 atom stereocenters. The van der Waals surface area contributed by atoms with E-state index in [2.05, 4.69) is 0 Å². The van der Waals surface area contributed by atoms with Gasteiger partial charge in [0.05, 0.1) is 25.3 Å². The van der Waals surface area contributed by atoms with Crippen LogP contribution in [0.3, 0.4) is 0 Å². The van der Waals surface area contributed by atoms with Gasteiger partial charge in [0.2, 0.25) is 0 Å². The van der Waals surface area contributed by atoms with Crippen LogP contribution in [0.4, 0.5) is 0 Å². The third kappa shape index (κ3) is 2.93. The number of morpholine rings is 1. The Balaban J connectivity index is 1.91. The standard InChI is InChI=1S/C16H20ClNO3/c1-10-16(20)18(14(8-19)11-2-3-11)15(9-21-10)12-4-6-13(17)7-5-12/h4-7,10-11,14-15,19H,2-3,8-9H2,1H3. The van der Waals surface area contributed by atoms with Crippen LogP contribution >= 0.6 is 11.6 Å². The number of nitrogens with zero attached hydrogens (tertiary/aromatic N) is 1. The summed E-state index contributed by atoms with van der Waals surface area (Å²) >= 11 is 5.94. The Morgan fingerprint density at radius 2 is 2.05 bits per heavy atom. The number of ether oxygens (including phenoxy) is 1. The second-order valence-electron chi connectivity index (χ2n) is 5.88. The van der Waals surface area contributed by atoms with E-state index in [0.717, 1.165) is 18.4 Å². The van der Waals surface area contributed by atoms with Gasteiger partial charge in [-0.05, 0) is 43.4 Å². The molecule has 1 N–H and O–H groups in total. The zero-order chi connectivity index (χ0) is 15.0. The molecule has 1 amide bonds. The average molecular weight is 310 g/mol. The molecule has 4 nitrogen and oxygen atoms in total. The van der Waals surface area contributed by atoms with Crippen molar-refractivity contribution in [2.24, 2.45) is 5.92 Å². The van der Waals surface area contributed by atoms with Crippen LogP contribution < -0.4 is 0 Å². The number of benzene rings is 1. The fourth-order valence-corrected chi connectivity index (χ4v) is 3.16. The van der Waals surface area contributed by atoms with Crippen LogP contribution in [-0.2, 0) is 9.53 Å². The van der Waals surface area contributed by atoms with Gasteiger partial charge in [-0.25, -0.2) is 0 Å². The maximum Gasteiger partial charge on any atom is 0.252 e.